The summed E-state index contributed by atoms with van der Waals surface area (Å²) in [6, 6.07) is 1.76. The Morgan fingerprint density at radius 1 is 1.36 bits per heavy atom. The molecule has 2 atom stereocenters. The van der Waals surface area contributed by atoms with Crippen LogP contribution in [0.4, 0.5) is 0 Å². The second-order valence-electron chi connectivity index (χ2n) is 6.71. The fourth-order valence-corrected chi connectivity index (χ4v) is 3.21. The zero-order valence-corrected chi connectivity index (χ0v) is 14.6. The molecule has 5 heteroatoms. The Hall–Kier alpha value is -1.36. The number of nitrogens with zero attached hydrogens (tertiary/aromatic N) is 3. The molecule has 0 aromatic carbocycles. The first kappa shape index (κ1) is 17.0. The Morgan fingerprint density at radius 3 is 2.50 bits per heavy atom. The van der Waals surface area contributed by atoms with Crippen LogP contribution in [0.5, 0.6) is 0 Å². The Morgan fingerprint density at radius 2 is 2.00 bits per heavy atom. The van der Waals surface area contributed by atoms with Crippen molar-refractivity contribution < 1.29 is 0 Å². The lowest BCUT2D eigenvalue weighted by Crippen LogP contribution is -2.45. The predicted octanol–water partition coefficient (Wildman–Crippen LogP) is 2.16. The van der Waals surface area contributed by atoms with Gasteiger partial charge in [0, 0.05) is 24.0 Å². The van der Waals surface area contributed by atoms with Crippen LogP contribution in [0.2, 0.25) is 0 Å². The molecule has 5 nitrogen and oxygen atoms in total. The lowest BCUT2D eigenvalue weighted by Gasteiger charge is -2.33. The van der Waals surface area contributed by atoms with E-state index in [4.69, 9.17) is 4.99 Å². The van der Waals surface area contributed by atoms with Crippen LogP contribution in [0.3, 0.4) is 0 Å². The van der Waals surface area contributed by atoms with Crippen LogP contribution in [0.25, 0.3) is 0 Å². The molecule has 0 spiro atoms. The minimum atomic E-state index is 0.202. The number of rotatable bonds is 4. The van der Waals surface area contributed by atoms with Crippen LogP contribution >= 0.6 is 0 Å². The van der Waals surface area contributed by atoms with Gasteiger partial charge < -0.3 is 15.5 Å². The Kier molecular flexibility index (Phi) is 6.00. The number of guanidine groups is 1. The summed E-state index contributed by atoms with van der Waals surface area (Å²) in [5.74, 6) is 0.781. The molecule has 22 heavy (non-hydrogen) atoms. The highest BCUT2D eigenvalue weighted by Gasteiger charge is 2.24. The van der Waals surface area contributed by atoms with E-state index in [0.29, 0.717) is 12.1 Å². The Labute approximate surface area is 135 Å². The molecule has 2 N–H and O–H groups in total. The van der Waals surface area contributed by atoms with E-state index in [1.165, 1.54) is 31.4 Å². The molecule has 0 aromatic heterocycles. The molecule has 1 unspecified atom stereocenters. The molecule has 0 aromatic rings. The molecule has 1 saturated carbocycles. The molecule has 1 fully saturated rings. The van der Waals surface area contributed by atoms with E-state index < -0.39 is 0 Å². The van der Waals surface area contributed by atoms with Gasteiger partial charge in [-0.25, -0.2) is 9.98 Å². The summed E-state index contributed by atoms with van der Waals surface area (Å²) >= 11 is 0. The lowest BCUT2D eigenvalue weighted by atomic mass is 9.90. The summed E-state index contributed by atoms with van der Waals surface area (Å²) in [6.07, 6.45) is 8.92. The number of hydrogen-bond donors (Lipinski definition) is 2. The van der Waals surface area contributed by atoms with E-state index in [0.717, 1.165) is 12.0 Å². The molecular weight excluding hydrogens is 274 g/mol. The Balaban J connectivity index is 1.89. The first-order valence-corrected chi connectivity index (χ1v) is 8.44. The van der Waals surface area contributed by atoms with Crippen molar-refractivity contribution in [3.8, 4) is 0 Å². The lowest BCUT2D eigenvalue weighted by molar-refractivity contribution is 0.211. The summed E-state index contributed by atoms with van der Waals surface area (Å²) in [6.45, 7) is 6.16. The zero-order chi connectivity index (χ0) is 16.1. The monoisotopic (exact) mass is 305 g/mol. The summed E-state index contributed by atoms with van der Waals surface area (Å²) in [7, 11) is 4.35. The van der Waals surface area contributed by atoms with Crippen molar-refractivity contribution in [2.24, 2.45) is 9.98 Å². The van der Waals surface area contributed by atoms with Crippen molar-refractivity contribution in [2.75, 3.05) is 14.1 Å². The van der Waals surface area contributed by atoms with Gasteiger partial charge in [-0.15, -0.1) is 0 Å². The van der Waals surface area contributed by atoms with Crippen LogP contribution in [-0.2, 0) is 0 Å². The molecule has 1 aliphatic heterocycles. The highest BCUT2D eigenvalue weighted by molar-refractivity contribution is 5.87. The molecule has 2 aliphatic rings. The molecule has 0 amide bonds. The van der Waals surface area contributed by atoms with Crippen LogP contribution in [-0.4, -0.2) is 55.3 Å². The van der Waals surface area contributed by atoms with E-state index in [1.54, 1.807) is 0 Å². The largest absolute Gasteiger partial charge is 0.380 e. The van der Waals surface area contributed by atoms with Crippen LogP contribution in [0.15, 0.2) is 21.8 Å². The first-order chi connectivity index (χ1) is 10.5. The number of allylic oxidation sites excluding steroid dienone is 1. The van der Waals surface area contributed by atoms with E-state index >= 15 is 0 Å². The standard InChI is InChI=1S/C17H31N5/c1-6-18-17(20-13(3)16-11-12(2)19-16)21-14-7-9-15(10-8-14)22(4)5/h6,11,13-16,19H,7-10H2,1-5H3,(H,20,21)/b18-6-/t13-,14?,15?,16?/m0/s1. The van der Waals surface area contributed by atoms with Crippen molar-refractivity contribution in [1.82, 2.24) is 15.5 Å². The van der Waals surface area contributed by atoms with Crippen molar-refractivity contribution >= 4 is 12.2 Å². The third-order valence-corrected chi connectivity index (χ3v) is 4.68. The van der Waals surface area contributed by atoms with E-state index in [-0.39, 0.29) is 6.04 Å². The van der Waals surface area contributed by atoms with Crippen molar-refractivity contribution in [1.29, 1.82) is 0 Å². The van der Waals surface area contributed by atoms with Gasteiger partial charge >= 0.3 is 0 Å². The molecule has 0 radical (unpaired) electrons. The second-order valence-corrected chi connectivity index (χ2v) is 6.71. The second kappa shape index (κ2) is 7.77. The van der Waals surface area contributed by atoms with Gasteiger partial charge in [-0.2, -0.15) is 0 Å². The summed E-state index contributed by atoms with van der Waals surface area (Å²) < 4.78 is 0. The molecule has 2 rings (SSSR count). The van der Waals surface area contributed by atoms with Gasteiger partial charge in [-0.05, 0) is 66.6 Å². The van der Waals surface area contributed by atoms with Gasteiger partial charge in [-0.1, -0.05) is 0 Å². The highest BCUT2D eigenvalue weighted by Crippen LogP contribution is 2.21. The third-order valence-electron chi connectivity index (χ3n) is 4.68. The minimum absolute atomic E-state index is 0.202. The molecule has 1 aliphatic carbocycles. The maximum absolute atomic E-state index is 4.76. The van der Waals surface area contributed by atoms with Crippen LogP contribution < -0.4 is 10.6 Å². The fraction of sp³-hybridized carbons (Fsp3) is 0.765. The topological polar surface area (TPSA) is 52.0 Å². The molecule has 0 saturated heterocycles. The summed E-state index contributed by atoms with van der Waals surface area (Å²) in [5.41, 5.74) is 1.24. The van der Waals surface area contributed by atoms with Gasteiger partial charge in [0.1, 0.15) is 0 Å². The number of aliphatic imine (C=N–C) groups is 2. The maximum Gasteiger partial charge on any atom is 0.218 e. The van der Waals surface area contributed by atoms with Crippen LogP contribution in [0, 0.1) is 0 Å². The third kappa shape index (κ3) is 4.57. The van der Waals surface area contributed by atoms with Gasteiger partial charge in [0.2, 0.25) is 5.96 Å². The minimum Gasteiger partial charge on any atom is -0.380 e. The van der Waals surface area contributed by atoms with Crippen molar-refractivity contribution in [3.05, 3.63) is 11.8 Å². The van der Waals surface area contributed by atoms with E-state index in [9.17, 15) is 0 Å². The summed E-state index contributed by atoms with van der Waals surface area (Å²) in [4.78, 5) is 11.5. The SMILES string of the molecule is C/C=N\C(=N/[C@@H](C)C1C=C(C)N1)NC1CCC(N(C)C)CC1. The normalized spacial score (nSPS) is 30.7. The van der Waals surface area contributed by atoms with Crippen LogP contribution in [0.1, 0.15) is 46.5 Å². The van der Waals surface area contributed by atoms with Gasteiger partial charge in [0.25, 0.3) is 0 Å². The number of nitrogens with one attached hydrogen (secondary N) is 2. The smallest absolute Gasteiger partial charge is 0.218 e. The zero-order valence-electron chi connectivity index (χ0n) is 14.6. The number of hydrogen-bond acceptors (Lipinski definition) is 3. The molecule has 1 heterocycles. The van der Waals surface area contributed by atoms with E-state index in [2.05, 4.69) is 54.5 Å². The fourth-order valence-electron chi connectivity index (χ4n) is 3.21. The molecule has 124 valence electrons. The quantitative estimate of drug-likeness (QED) is 0.618. The van der Waals surface area contributed by atoms with Crippen molar-refractivity contribution in [3.63, 3.8) is 0 Å². The van der Waals surface area contributed by atoms with Crippen molar-refractivity contribution in [2.45, 2.75) is 70.6 Å². The average Bonchev–Trinajstić information content (AvgIpc) is 2.44. The highest BCUT2D eigenvalue weighted by atomic mass is 15.2. The molecule has 0 bridgehead atoms. The Bertz CT molecular complexity index is 444. The van der Waals surface area contributed by atoms with Gasteiger partial charge in [0.05, 0.1) is 12.1 Å². The van der Waals surface area contributed by atoms with E-state index in [1.807, 2.05) is 13.1 Å². The molecular formula is C17H31N5. The maximum atomic E-state index is 4.76. The predicted molar refractivity (Wildman–Crippen MR) is 94.6 cm³/mol. The van der Waals surface area contributed by atoms with Gasteiger partial charge in [0.15, 0.2) is 0 Å². The summed E-state index contributed by atoms with van der Waals surface area (Å²) in [5, 5.41) is 6.93. The van der Waals surface area contributed by atoms with Gasteiger partial charge in [-0.3, -0.25) is 0 Å². The average molecular weight is 305 g/mol. The first-order valence-electron chi connectivity index (χ1n) is 8.44.